The van der Waals surface area contributed by atoms with E-state index in [2.05, 4.69) is 26.3 Å². The first-order valence-electron chi connectivity index (χ1n) is 6.73. The van der Waals surface area contributed by atoms with E-state index in [0.717, 1.165) is 10.0 Å². The molecule has 1 aromatic carbocycles. The largest absolute Gasteiger partial charge is 0.396 e. The van der Waals surface area contributed by atoms with Gasteiger partial charge in [0.1, 0.15) is 6.54 Å². The number of aliphatic hydroxyl groups excluding tert-OH is 1. The lowest BCUT2D eigenvalue weighted by Gasteiger charge is -2.24. The highest BCUT2D eigenvalue weighted by molar-refractivity contribution is 9.10. The monoisotopic (exact) mass is 351 g/mol. The van der Waals surface area contributed by atoms with Crippen molar-refractivity contribution in [2.24, 2.45) is 5.92 Å². The first-order chi connectivity index (χ1) is 10.1. The van der Waals surface area contributed by atoms with Crippen molar-refractivity contribution in [2.45, 2.75) is 19.5 Å². The van der Waals surface area contributed by atoms with Crippen LogP contribution >= 0.6 is 15.9 Å². The molecule has 2 rings (SSSR count). The van der Waals surface area contributed by atoms with Crippen LogP contribution in [0.1, 0.15) is 18.5 Å². The molecule has 0 fully saturated rings. The first-order valence-corrected chi connectivity index (χ1v) is 7.52. The molecule has 0 bridgehead atoms. The van der Waals surface area contributed by atoms with Crippen LogP contribution < -0.4 is 5.32 Å². The van der Waals surface area contributed by atoms with Gasteiger partial charge in [-0.25, -0.2) is 0 Å². The number of halogens is 1. The first kappa shape index (κ1) is 15.7. The number of nitrogens with zero attached hydrogens (tertiary/aromatic N) is 2. The van der Waals surface area contributed by atoms with Crippen LogP contribution in [-0.2, 0) is 11.3 Å². The van der Waals surface area contributed by atoms with Crippen LogP contribution in [0.5, 0.6) is 0 Å². The number of hydrogen-bond acceptors (Lipinski definition) is 3. The number of hydrogen-bond donors (Lipinski definition) is 2. The molecule has 0 spiro atoms. The number of carbonyl (C=O) groups excluding carboxylic acids is 1. The van der Waals surface area contributed by atoms with Crippen LogP contribution in [0.2, 0.25) is 0 Å². The molecule has 0 saturated carbocycles. The van der Waals surface area contributed by atoms with E-state index in [9.17, 15) is 9.90 Å². The molecule has 0 saturated heterocycles. The maximum Gasteiger partial charge on any atom is 0.242 e. The molecule has 0 aliphatic carbocycles. The van der Waals surface area contributed by atoms with Crippen LogP contribution in [0.25, 0.3) is 0 Å². The summed E-state index contributed by atoms with van der Waals surface area (Å²) in [5.41, 5.74) is 0.966. The summed E-state index contributed by atoms with van der Waals surface area (Å²) in [6, 6.07) is 9.27. The van der Waals surface area contributed by atoms with E-state index in [0.29, 0.717) is 0 Å². The van der Waals surface area contributed by atoms with Crippen LogP contribution in [-0.4, -0.2) is 27.4 Å². The van der Waals surface area contributed by atoms with Crippen molar-refractivity contribution >= 4 is 21.8 Å². The Kier molecular flexibility index (Phi) is 5.52. The summed E-state index contributed by atoms with van der Waals surface area (Å²) >= 11 is 3.39. The number of carbonyl (C=O) groups is 1. The molecule has 1 amide bonds. The number of rotatable bonds is 6. The van der Waals surface area contributed by atoms with Crippen molar-refractivity contribution in [3.8, 4) is 0 Å². The van der Waals surface area contributed by atoms with Gasteiger partial charge in [0.2, 0.25) is 5.91 Å². The maximum absolute atomic E-state index is 12.1. The standard InChI is InChI=1S/C15H18BrN3O2/c1-11(10-20)15(12-3-5-13(16)6-4-12)18-14(21)9-19-8-2-7-17-19/h2-8,11,15,20H,9-10H2,1H3,(H,18,21)/t11-,15-/m1/s1. The summed E-state index contributed by atoms with van der Waals surface area (Å²) < 4.78 is 2.54. The lowest BCUT2D eigenvalue weighted by molar-refractivity contribution is -0.123. The molecule has 112 valence electrons. The van der Waals surface area contributed by atoms with Gasteiger partial charge in [0.15, 0.2) is 0 Å². The summed E-state index contributed by atoms with van der Waals surface area (Å²) in [6.45, 7) is 2.07. The molecular formula is C15H18BrN3O2. The van der Waals surface area contributed by atoms with Gasteiger partial charge in [-0.1, -0.05) is 35.0 Å². The Morgan fingerprint density at radius 1 is 1.43 bits per heavy atom. The summed E-state index contributed by atoms with van der Waals surface area (Å²) in [5, 5.41) is 16.4. The molecule has 0 radical (unpaired) electrons. The number of aliphatic hydroxyl groups is 1. The highest BCUT2D eigenvalue weighted by atomic mass is 79.9. The normalized spacial score (nSPS) is 13.7. The average Bonchev–Trinajstić information content (AvgIpc) is 2.98. The SMILES string of the molecule is C[C@H](CO)[C@@H](NC(=O)Cn1cccn1)c1ccc(Br)cc1. The fraction of sp³-hybridized carbons (Fsp3) is 0.333. The Morgan fingerprint density at radius 2 is 2.14 bits per heavy atom. The van der Waals surface area contributed by atoms with E-state index in [-0.39, 0.29) is 31.0 Å². The Labute approximate surface area is 132 Å². The molecule has 0 aliphatic rings. The van der Waals surface area contributed by atoms with E-state index in [4.69, 9.17) is 0 Å². The van der Waals surface area contributed by atoms with E-state index >= 15 is 0 Å². The molecule has 2 atom stereocenters. The van der Waals surface area contributed by atoms with Gasteiger partial charge in [-0.2, -0.15) is 5.10 Å². The van der Waals surface area contributed by atoms with Crippen molar-refractivity contribution in [2.75, 3.05) is 6.61 Å². The van der Waals surface area contributed by atoms with Gasteiger partial charge in [0, 0.05) is 29.4 Å². The summed E-state index contributed by atoms with van der Waals surface area (Å²) in [5.74, 6) is -0.209. The van der Waals surface area contributed by atoms with E-state index < -0.39 is 0 Å². The molecule has 5 nitrogen and oxygen atoms in total. The lowest BCUT2D eigenvalue weighted by Crippen LogP contribution is -2.36. The molecule has 2 aromatic rings. The molecular weight excluding hydrogens is 334 g/mol. The lowest BCUT2D eigenvalue weighted by atomic mass is 9.95. The van der Waals surface area contributed by atoms with Crippen molar-refractivity contribution < 1.29 is 9.90 Å². The van der Waals surface area contributed by atoms with Gasteiger partial charge in [-0.15, -0.1) is 0 Å². The molecule has 6 heteroatoms. The van der Waals surface area contributed by atoms with Crippen molar-refractivity contribution in [3.05, 3.63) is 52.8 Å². The number of aromatic nitrogens is 2. The Hall–Kier alpha value is -1.66. The fourth-order valence-corrected chi connectivity index (χ4v) is 2.35. The van der Waals surface area contributed by atoms with Gasteiger partial charge in [0.05, 0.1) is 6.04 Å². The van der Waals surface area contributed by atoms with Gasteiger partial charge in [-0.05, 0) is 23.8 Å². The number of benzene rings is 1. The highest BCUT2D eigenvalue weighted by Crippen LogP contribution is 2.23. The predicted octanol–water partition coefficient (Wildman–Crippen LogP) is 2.13. The minimum atomic E-state index is -0.230. The van der Waals surface area contributed by atoms with Crippen molar-refractivity contribution in [3.63, 3.8) is 0 Å². The van der Waals surface area contributed by atoms with Crippen LogP contribution in [0, 0.1) is 5.92 Å². The highest BCUT2D eigenvalue weighted by Gasteiger charge is 2.21. The molecule has 1 aromatic heterocycles. The third-order valence-electron chi connectivity index (χ3n) is 3.27. The zero-order valence-electron chi connectivity index (χ0n) is 11.7. The predicted molar refractivity (Wildman–Crippen MR) is 83.5 cm³/mol. The zero-order valence-corrected chi connectivity index (χ0v) is 13.3. The quantitative estimate of drug-likeness (QED) is 0.837. The second-order valence-corrected chi connectivity index (χ2v) is 5.88. The molecule has 21 heavy (non-hydrogen) atoms. The maximum atomic E-state index is 12.1. The molecule has 1 heterocycles. The summed E-state index contributed by atoms with van der Waals surface area (Å²) in [6.07, 6.45) is 3.37. The van der Waals surface area contributed by atoms with Gasteiger partial charge in [0.25, 0.3) is 0 Å². The minimum absolute atomic E-state index is 0.00276. The van der Waals surface area contributed by atoms with Crippen molar-refractivity contribution in [1.82, 2.24) is 15.1 Å². The molecule has 2 N–H and O–H groups in total. The second kappa shape index (κ2) is 7.38. The minimum Gasteiger partial charge on any atom is -0.396 e. The van der Waals surface area contributed by atoms with Gasteiger partial charge in [-0.3, -0.25) is 9.48 Å². The smallest absolute Gasteiger partial charge is 0.242 e. The van der Waals surface area contributed by atoms with Crippen LogP contribution in [0.4, 0.5) is 0 Å². The number of nitrogens with one attached hydrogen (secondary N) is 1. The molecule has 0 aliphatic heterocycles. The Bertz CT molecular complexity index is 569. The van der Waals surface area contributed by atoms with Crippen LogP contribution in [0.3, 0.4) is 0 Å². The van der Waals surface area contributed by atoms with Crippen molar-refractivity contribution in [1.29, 1.82) is 0 Å². The zero-order chi connectivity index (χ0) is 15.2. The summed E-state index contributed by atoms with van der Waals surface area (Å²) in [4.78, 5) is 12.1. The van der Waals surface area contributed by atoms with Gasteiger partial charge >= 0.3 is 0 Å². The van der Waals surface area contributed by atoms with E-state index in [1.807, 2.05) is 31.2 Å². The second-order valence-electron chi connectivity index (χ2n) is 4.96. The topological polar surface area (TPSA) is 67.2 Å². The Balaban J connectivity index is 2.09. The van der Waals surface area contributed by atoms with E-state index in [1.54, 1.807) is 23.1 Å². The number of amides is 1. The summed E-state index contributed by atoms with van der Waals surface area (Å²) in [7, 11) is 0. The Morgan fingerprint density at radius 3 is 2.71 bits per heavy atom. The fourth-order valence-electron chi connectivity index (χ4n) is 2.09. The van der Waals surface area contributed by atoms with E-state index in [1.165, 1.54) is 0 Å². The molecule has 0 unspecified atom stereocenters. The van der Waals surface area contributed by atoms with Gasteiger partial charge < -0.3 is 10.4 Å². The third-order valence-corrected chi connectivity index (χ3v) is 3.80. The average molecular weight is 352 g/mol. The van der Waals surface area contributed by atoms with Crippen LogP contribution in [0.15, 0.2) is 47.2 Å². The third kappa shape index (κ3) is 4.41.